The first-order valence-corrected chi connectivity index (χ1v) is 8.57. The van der Waals surface area contributed by atoms with Gasteiger partial charge < -0.3 is 15.0 Å². The molecule has 0 aliphatic rings. The molecule has 0 radical (unpaired) electrons. The summed E-state index contributed by atoms with van der Waals surface area (Å²) in [6.45, 7) is 7.29. The van der Waals surface area contributed by atoms with Crippen LogP contribution in [0.15, 0.2) is 24.3 Å². The van der Waals surface area contributed by atoms with Gasteiger partial charge in [-0.2, -0.15) is 0 Å². The Balaban J connectivity index is 2.32. The minimum absolute atomic E-state index is 0.221. The molecule has 8 heteroatoms. The molecule has 0 spiro atoms. The number of methoxy groups -OCH3 is 1. The van der Waals surface area contributed by atoms with E-state index in [0.29, 0.717) is 22.4 Å². The molecule has 2 rings (SSSR count). The fourth-order valence-electron chi connectivity index (χ4n) is 2.43. The fraction of sp³-hybridized carbons (Fsp3) is 0.333. The van der Waals surface area contributed by atoms with Crippen LogP contribution < -0.4 is 10.2 Å². The third-order valence-electron chi connectivity index (χ3n) is 3.78. The van der Waals surface area contributed by atoms with Gasteiger partial charge >= 0.3 is 5.97 Å². The Kier molecular flexibility index (Phi) is 6.52. The normalized spacial score (nSPS) is 10.3. The molecule has 0 fully saturated rings. The predicted molar refractivity (Wildman–Crippen MR) is 101 cm³/mol. The van der Waals surface area contributed by atoms with E-state index in [4.69, 9.17) is 11.6 Å². The Morgan fingerprint density at radius 3 is 2.50 bits per heavy atom. The van der Waals surface area contributed by atoms with Gasteiger partial charge in [-0.25, -0.2) is 14.8 Å². The lowest BCUT2D eigenvalue weighted by atomic mass is 10.2. The highest BCUT2D eigenvalue weighted by Gasteiger charge is 2.16. The monoisotopic (exact) mass is 376 g/mol. The number of hydrogen-bond donors (Lipinski definition) is 1. The number of hydrogen-bond acceptors (Lipinski definition) is 6. The first-order chi connectivity index (χ1) is 12.4. The first kappa shape index (κ1) is 19.7. The number of nitrogens with zero attached hydrogens (tertiary/aromatic N) is 3. The Hall–Kier alpha value is -2.67. The van der Waals surface area contributed by atoms with E-state index >= 15 is 0 Å². The molecule has 138 valence electrons. The van der Waals surface area contributed by atoms with Crippen LogP contribution in [0.2, 0.25) is 5.02 Å². The summed E-state index contributed by atoms with van der Waals surface area (Å²) in [5, 5.41) is 2.99. The van der Waals surface area contributed by atoms with Crippen molar-refractivity contribution in [2.24, 2.45) is 0 Å². The average molecular weight is 377 g/mol. The molecule has 1 aromatic carbocycles. The number of rotatable bonds is 6. The van der Waals surface area contributed by atoms with Gasteiger partial charge in [0.05, 0.1) is 23.4 Å². The van der Waals surface area contributed by atoms with E-state index in [9.17, 15) is 9.59 Å². The summed E-state index contributed by atoms with van der Waals surface area (Å²) in [5.41, 5.74) is 0.814. The van der Waals surface area contributed by atoms with Crippen molar-refractivity contribution in [1.29, 1.82) is 0 Å². The minimum atomic E-state index is -0.515. The molecule has 7 nitrogen and oxygen atoms in total. The van der Waals surface area contributed by atoms with Crippen LogP contribution >= 0.6 is 11.6 Å². The molecule has 1 N–H and O–H groups in total. The van der Waals surface area contributed by atoms with Crippen LogP contribution in [-0.2, 0) is 4.74 Å². The van der Waals surface area contributed by atoms with Gasteiger partial charge in [0.15, 0.2) is 0 Å². The minimum Gasteiger partial charge on any atom is -0.465 e. The van der Waals surface area contributed by atoms with Crippen LogP contribution in [0.4, 0.5) is 11.5 Å². The van der Waals surface area contributed by atoms with Crippen LogP contribution in [0.3, 0.4) is 0 Å². The third kappa shape index (κ3) is 4.49. The van der Waals surface area contributed by atoms with E-state index in [1.54, 1.807) is 13.0 Å². The maximum absolute atomic E-state index is 12.6. The Morgan fingerprint density at radius 1 is 1.19 bits per heavy atom. The summed E-state index contributed by atoms with van der Waals surface area (Å²) >= 11 is 6.13. The zero-order valence-electron chi connectivity index (χ0n) is 15.2. The molecular formula is C18H21ClN4O3. The molecule has 0 atom stereocenters. The van der Waals surface area contributed by atoms with Crippen molar-refractivity contribution in [3.05, 3.63) is 46.4 Å². The SMILES string of the molecule is CCN(CC)c1cc(C(=O)Nc2cc(C(=O)OC)ccc2Cl)nc(C)n1. The van der Waals surface area contributed by atoms with Crippen molar-refractivity contribution in [2.45, 2.75) is 20.8 Å². The highest BCUT2D eigenvalue weighted by atomic mass is 35.5. The molecule has 1 amide bonds. The summed E-state index contributed by atoms with van der Waals surface area (Å²) in [4.78, 5) is 34.9. The highest BCUT2D eigenvalue weighted by molar-refractivity contribution is 6.34. The smallest absolute Gasteiger partial charge is 0.337 e. The van der Waals surface area contributed by atoms with E-state index in [2.05, 4.69) is 20.0 Å². The second-order valence-electron chi connectivity index (χ2n) is 5.47. The van der Waals surface area contributed by atoms with Crippen molar-refractivity contribution >= 4 is 35.0 Å². The number of nitrogens with one attached hydrogen (secondary N) is 1. The summed E-state index contributed by atoms with van der Waals surface area (Å²) < 4.78 is 4.68. The number of ether oxygens (including phenoxy) is 1. The lowest BCUT2D eigenvalue weighted by molar-refractivity contribution is 0.0600. The van der Waals surface area contributed by atoms with Gasteiger partial charge in [0.1, 0.15) is 17.3 Å². The molecule has 0 aliphatic heterocycles. The lowest BCUT2D eigenvalue weighted by Crippen LogP contribution is -2.25. The topological polar surface area (TPSA) is 84.4 Å². The number of amides is 1. The molecule has 2 aromatic rings. The van der Waals surface area contributed by atoms with E-state index in [1.165, 1.54) is 25.3 Å². The van der Waals surface area contributed by atoms with Crippen LogP contribution in [0.25, 0.3) is 0 Å². The lowest BCUT2D eigenvalue weighted by Gasteiger charge is -2.20. The van der Waals surface area contributed by atoms with Crippen molar-refractivity contribution in [3.63, 3.8) is 0 Å². The predicted octanol–water partition coefficient (Wildman–Crippen LogP) is 3.32. The summed E-state index contributed by atoms with van der Waals surface area (Å²) in [6, 6.07) is 6.14. The zero-order chi connectivity index (χ0) is 19.3. The highest BCUT2D eigenvalue weighted by Crippen LogP contribution is 2.24. The van der Waals surface area contributed by atoms with E-state index < -0.39 is 11.9 Å². The molecule has 1 heterocycles. The van der Waals surface area contributed by atoms with Crippen molar-refractivity contribution in [3.8, 4) is 0 Å². The Morgan fingerprint density at radius 2 is 1.88 bits per heavy atom. The molecule has 0 aliphatic carbocycles. The number of halogens is 1. The average Bonchev–Trinajstić information content (AvgIpc) is 2.63. The van der Waals surface area contributed by atoms with Gasteiger partial charge in [0.2, 0.25) is 0 Å². The molecule has 0 bridgehead atoms. The van der Waals surface area contributed by atoms with Crippen LogP contribution in [0, 0.1) is 6.92 Å². The van der Waals surface area contributed by atoms with Gasteiger partial charge in [-0.05, 0) is 39.0 Å². The summed E-state index contributed by atoms with van der Waals surface area (Å²) in [6.07, 6.45) is 0. The fourth-order valence-corrected chi connectivity index (χ4v) is 2.59. The van der Waals surface area contributed by atoms with Crippen LogP contribution in [0.5, 0.6) is 0 Å². The second kappa shape index (κ2) is 8.62. The standard InChI is InChI=1S/C18H21ClN4O3/c1-5-23(6-2)16-10-15(20-11(3)21-16)17(24)22-14-9-12(18(25)26-4)7-8-13(14)19/h7-10H,5-6H2,1-4H3,(H,22,24). The quantitative estimate of drug-likeness (QED) is 0.778. The van der Waals surface area contributed by atoms with Crippen molar-refractivity contribution in [1.82, 2.24) is 9.97 Å². The number of benzene rings is 1. The molecule has 1 aromatic heterocycles. The third-order valence-corrected chi connectivity index (χ3v) is 4.11. The Labute approximate surface area is 157 Å². The van der Waals surface area contributed by atoms with Gasteiger partial charge in [-0.3, -0.25) is 4.79 Å². The van der Waals surface area contributed by atoms with Crippen LogP contribution in [-0.4, -0.2) is 42.0 Å². The molecule has 0 unspecified atom stereocenters. The second-order valence-corrected chi connectivity index (χ2v) is 5.88. The number of aryl methyl sites for hydroxylation is 1. The van der Waals surface area contributed by atoms with Crippen LogP contribution in [0.1, 0.15) is 40.5 Å². The largest absolute Gasteiger partial charge is 0.465 e. The van der Waals surface area contributed by atoms with E-state index in [0.717, 1.165) is 13.1 Å². The number of anilines is 2. The van der Waals surface area contributed by atoms with Gasteiger partial charge in [0.25, 0.3) is 5.91 Å². The Bertz CT molecular complexity index is 822. The summed E-state index contributed by atoms with van der Waals surface area (Å²) in [5.74, 6) is 0.225. The summed E-state index contributed by atoms with van der Waals surface area (Å²) in [7, 11) is 1.29. The van der Waals surface area contributed by atoms with E-state index in [-0.39, 0.29) is 11.3 Å². The molecular weight excluding hydrogens is 356 g/mol. The van der Waals surface area contributed by atoms with Gasteiger partial charge in [-0.15, -0.1) is 0 Å². The molecule has 26 heavy (non-hydrogen) atoms. The molecule has 0 saturated heterocycles. The van der Waals surface area contributed by atoms with Gasteiger partial charge in [0, 0.05) is 19.2 Å². The first-order valence-electron chi connectivity index (χ1n) is 8.19. The number of carbonyl (C=O) groups excluding carboxylic acids is 2. The number of esters is 1. The number of aromatic nitrogens is 2. The van der Waals surface area contributed by atoms with E-state index in [1.807, 2.05) is 18.7 Å². The maximum atomic E-state index is 12.6. The van der Waals surface area contributed by atoms with Gasteiger partial charge in [-0.1, -0.05) is 11.6 Å². The maximum Gasteiger partial charge on any atom is 0.337 e. The van der Waals surface area contributed by atoms with Crippen molar-refractivity contribution < 1.29 is 14.3 Å². The van der Waals surface area contributed by atoms with Crippen molar-refractivity contribution in [2.75, 3.05) is 30.4 Å². The molecule has 0 saturated carbocycles. The zero-order valence-corrected chi connectivity index (χ0v) is 15.9. The number of carbonyl (C=O) groups is 2.